The molecule has 3 heterocycles. The van der Waals surface area contributed by atoms with E-state index in [4.69, 9.17) is 18.9 Å². The minimum atomic E-state index is -0.276. The Morgan fingerprint density at radius 2 is 1.68 bits per heavy atom. The summed E-state index contributed by atoms with van der Waals surface area (Å²) in [6, 6.07) is 12.6. The van der Waals surface area contributed by atoms with Crippen molar-refractivity contribution >= 4 is 0 Å². The summed E-state index contributed by atoms with van der Waals surface area (Å²) in [6.07, 6.45) is 2.53. The second-order valence-corrected chi connectivity index (χ2v) is 8.30. The minimum Gasteiger partial charge on any atom is -0.497 e. The fraction of sp³-hybridized carbons (Fsp3) is 0.478. The van der Waals surface area contributed by atoms with Crippen molar-refractivity contribution in [3.05, 3.63) is 47.5 Å². The van der Waals surface area contributed by atoms with E-state index in [1.54, 1.807) is 12.0 Å². The number of nitrogens with one attached hydrogen (secondary N) is 1. The predicted octanol–water partition coefficient (Wildman–Crippen LogP) is 2.98. The van der Waals surface area contributed by atoms with Gasteiger partial charge in [-0.05, 0) is 23.8 Å². The van der Waals surface area contributed by atoms with Crippen molar-refractivity contribution < 1.29 is 23.8 Å². The van der Waals surface area contributed by atoms with Crippen LogP contribution in [0, 0.1) is 5.92 Å². The van der Waals surface area contributed by atoms with E-state index in [1.807, 2.05) is 18.2 Å². The summed E-state index contributed by atoms with van der Waals surface area (Å²) in [6.45, 7) is 7.21. The van der Waals surface area contributed by atoms with Crippen LogP contribution in [0.2, 0.25) is 0 Å². The lowest BCUT2D eigenvalue weighted by Gasteiger charge is -2.47. The first kappa shape index (κ1) is 17.7. The molecule has 1 fully saturated rings. The Balaban J connectivity index is 1.64. The van der Waals surface area contributed by atoms with Gasteiger partial charge < -0.3 is 18.9 Å². The largest absolute Gasteiger partial charge is 0.497 e. The van der Waals surface area contributed by atoms with E-state index < -0.39 is 0 Å². The first-order valence-corrected chi connectivity index (χ1v) is 10.2. The molecule has 148 valence electrons. The first-order valence-electron chi connectivity index (χ1n) is 10.2. The van der Waals surface area contributed by atoms with Gasteiger partial charge in [0.15, 0.2) is 11.5 Å². The van der Waals surface area contributed by atoms with Crippen LogP contribution in [0.15, 0.2) is 36.4 Å². The van der Waals surface area contributed by atoms with Gasteiger partial charge in [0.2, 0.25) is 12.5 Å². The van der Waals surface area contributed by atoms with Gasteiger partial charge in [-0.15, -0.1) is 0 Å². The van der Waals surface area contributed by atoms with Crippen molar-refractivity contribution in [2.24, 2.45) is 5.92 Å². The molecule has 3 atom stereocenters. The Kier molecular flexibility index (Phi) is 4.16. The van der Waals surface area contributed by atoms with Crippen LogP contribution in [0.1, 0.15) is 43.7 Å². The molecule has 2 aromatic rings. The molecule has 5 nitrogen and oxygen atoms in total. The second kappa shape index (κ2) is 6.59. The molecule has 0 bridgehead atoms. The zero-order chi connectivity index (χ0) is 19.3. The molecular weight excluding hydrogens is 354 g/mol. The fourth-order valence-corrected chi connectivity index (χ4v) is 5.15. The molecule has 3 aliphatic heterocycles. The number of methoxy groups -OCH3 is 1. The first-order chi connectivity index (χ1) is 13.6. The van der Waals surface area contributed by atoms with E-state index in [1.165, 1.54) is 24.0 Å². The lowest BCUT2D eigenvalue weighted by Crippen LogP contribution is -3.20. The highest BCUT2D eigenvalue weighted by Crippen LogP contribution is 2.50. The maximum absolute atomic E-state index is 6.74. The molecule has 2 aromatic carbocycles. The monoisotopic (exact) mass is 382 g/mol. The number of fused-ring (bicyclic) bond motifs is 2. The van der Waals surface area contributed by atoms with Crippen molar-refractivity contribution in [1.29, 1.82) is 0 Å². The third kappa shape index (κ3) is 2.64. The molecule has 3 aliphatic rings. The van der Waals surface area contributed by atoms with Gasteiger partial charge in [-0.3, -0.25) is 4.90 Å². The third-order valence-corrected chi connectivity index (χ3v) is 6.91. The Hall–Kier alpha value is -2.40. The van der Waals surface area contributed by atoms with E-state index in [9.17, 15) is 0 Å². The molecule has 0 unspecified atom stereocenters. The third-order valence-electron chi connectivity index (χ3n) is 6.91. The number of ether oxygens (including phenoxy) is 4. The molecule has 0 aliphatic carbocycles. The van der Waals surface area contributed by atoms with Gasteiger partial charge in [0.05, 0.1) is 26.1 Å². The molecule has 5 heteroatoms. The number of likely N-dealkylation sites (tertiary alicyclic amines) is 1. The molecule has 0 radical (unpaired) electrons. The highest BCUT2D eigenvalue weighted by molar-refractivity contribution is 5.56. The summed E-state index contributed by atoms with van der Waals surface area (Å²) in [4.78, 5) is 1.54. The van der Waals surface area contributed by atoms with Gasteiger partial charge >= 0.3 is 0 Å². The quantitative estimate of drug-likeness (QED) is 0.886. The van der Waals surface area contributed by atoms with Crippen LogP contribution in [-0.4, -0.2) is 32.7 Å². The van der Waals surface area contributed by atoms with Gasteiger partial charge in [-0.1, -0.05) is 19.1 Å². The summed E-state index contributed by atoms with van der Waals surface area (Å²) >= 11 is 0. The Bertz CT molecular complexity index is 875. The van der Waals surface area contributed by atoms with Crippen LogP contribution < -0.4 is 23.8 Å². The Labute approximate surface area is 166 Å². The SMILES string of the molecule is COc1ccc([C@H]2c3cc4c(cc3O[C@@](C)([NH+]3CCCC3)[C@@H]2C)OCO4)cc1. The van der Waals surface area contributed by atoms with Crippen molar-refractivity contribution in [1.82, 2.24) is 0 Å². The number of rotatable bonds is 3. The summed E-state index contributed by atoms with van der Waals surface area (Å²) < 4.78 is 23.4. The summed E-state index contributed by atoms with van der Waals surface area (Å²) in [5, 5.41) is 0. The zero-order valence-corrected chi connectivity index (χ0v) is 16.8. The van der Waals surface area contributed by atoms with Crippen LogP contribution in [0.4, 0.5) is 0 Å². The van der Waals surface area contributed by atoms with Gasteiger partial charge in [0.25, 0.3) is 0 Å². The maximum Gasteiger partial charge on any atom is 0.242 e. The molecule has 0 aromatic heterocycles. The molecule has 0 amide bonds. The summed E-state index contributed by atoms with van der Waals surface area (Å²) in [5.74, 6) is 3.92. The van der Waals surface area contributed by atoms with E-state index >= 15 is 0 Å². The smallest absolute Gasteiger partial charge is 0.242 e. The number of hydrogen-bond acceptors (Lipinski definition) is 4. The van der Waals surface area contributed by atoms with Crippen molar-refractivity contribution in [2.45, 2.75) is 38.3 Å². The minimum absolute atomic E-state index is 0.224. The lowest BCUT2D eigenvalue weighted by molar-refractivity contribution is -0.967. The summed E-state index contributed by atoms with van der Waals surface area (Å²) in [5.41, 5.74) is 2.18. The average molecular weight is 382 g/mol. The van der Waals surface area contributed by atoms with Gasteiger partial charge in [0, 0.05) is 37.3 Å². The van der Waals surface area contributed by atoms with Crippen LogP contribution in [0.3, 0.4) is 0 Å². The van der Waals surface area contributed by atoms with Crippen LogP contribution in [0.5, 0.6) is 23.0 Å². The molecule has 28 heavy (non-hydrogen) atoms. The maximum atomic E-state index is 6.74. The molecule has 0 spiro atoms. The Morgan fingerprint density at radius 1 is 1.00 bits per heavy atom. The van der Waals surface area contributed by atoms with E-state index in [2.05, 4.69) is 32.0 Å². The summed E-state index contributed by atoms with van der Waals surface area (Å²) in [7, 11) is 1.70. The highest BCUT2D eigenvalue weighted by Gasteiger charge is 2.52. The van der Waals surface area contributed by atoms with Crippen molar-refractivity contribution in [2.75, 3.05) is 27.0 Å². The normalized spacial score (nSPS) is 28.7. The lowest BCUT2D eigenvalue weighted by atomic mass is 9.74. The predicted molar refractivity (Wildman–Crippen MR) is 106 cm³/mol. The zero-order valence-electron chi connectivity index (χ0n) is 16.8. The second-order valence-electron chi connectivity index (χ2n) is 8.30. The average Bonchev–Trinajstić information content (AvgIpc) is 3.40. The van der Waals surface area contributed by atoms with Crippen molar-refractivity contribution in [3.63, 3.8) is 0 Å². The molecule has 0 saturated carbocycles. The Morgan fingerprint density at radius 3 is 2.36 bits per heavy atom. The van der Waals surface area contributed by atoms with Crippen molar-refractivity contribution in [3.8, 4) is 23.0 Å². The van der Waals surface area contributed by atoms with E-state index in [0.29, 0.717) is 5.92 Å². The molecule has 5 rings (SSSR count). The van der Waals surface area contributed by atoms with Crippen LogP contribution in [0.25, 0.3) is 0 Å². The van der Waals surface area contributed by atoms with E-state index in [-0.39, 0.29) is 18.4 Å². The highest BCUT2D eigenvalue weighted by atomic mass is 16.7. The molecule has 1 saturated heterocycles. The van der Waals surface area contributed by atoms with Crippen LogP contribution >= 0.6 is 0 Å². The fourth-order valence-electron chi connectivity index (χ4n) is 5.15. The molecule has 1 N–H and O–H groups in total. The van der Waals surface area contributed by atoms with Gasteiger partial charge in [-0.25, -0.2) is 0 Å². The number of hydrogen-bond donors (Lipinski definition) is 1. The standard InChI is InChI=1S/C23H27NO4/c1-15-22(16-6-8-17(25-3)9-7-16)18-12-20-21(27-14-26-20)13-19(18)28-23(15,2)24-10-4-5-11-24/h6-9,12-13,15,22H,4-5,10-11,14H2,1-3H3/p+1/t15-,22+,23-/m1/s1. The van der Waals surface area contributed by atoms with E-state index in [0.717, 1.165) is 36.1 Å². The number of benzene rings is 2. The van der Waals surface area contributed by atoms with Crippen LogP contribution in [-0.2, 0) is 0 Å². The van der Waals surface area contributed by atoms with Gasteiger partial charge in [-0.2, -0.15) is 0 Å². The topological polar surface area (TPSA) is 41.4 Å². The van der Waals surface area contributed by atoms with Gasteiger partial charge in [0.1, 0.15) is 11.5 Å². The molecular formula is C23H28NO4+. The number of quaternary nitrogens is 1.